The van der Waals surface area contributed by atoms with Gasteiger partial charge in [-0.3, -0.25) is 0 Å². The maximum absolute atomic E-state index is 4.04. The fraction of sp³-hybridized carbons (Fsp3) is 0.714. The van der Waals surface area contributed by atoms with Crippen molar-refractivity contribution in [2.24, 2.45) is 0 Å². The summed E-state index contributed by atoms with van der Waals surface area (Å²) in [4.78, 5) is 0. The van der Waals surface area contributed by atoms with Crippen molar-refractivity contribution < 1.29 is 13.0 Å². The van der Waals surface area contributed by atoms with Gasteiger partial charge in [0.05, 0.1) is 0 Å². The third-order valence-electron chi connectivity index (χ3n) is 3.60. The van der Waals surface area contributed by atoms with Crippen LogP contribution in [0, 0.1) is 0 Å². The first-order valence-corrected chi connectivity index (χ1v) is 15.8. The molecule has 0 aromatic rings. The van der Waals surface area contributed by atoms with Crippen molar-refractivity contribution in [1.82, 2.24) is 3.80 Å². The molecule has 1 N–H and O–H groups in total. The van der Waals surface area contributed by atoms with E-state index in [1.807, 2.05) is 0 Å². The molecule has 0 bridgehead atoms. The molecular formula is C14H30NTi. The minimum atomic E-state index is -3.72. The summed E-state index contributed by atoms with van der Waals surface area (Å²) in [6.45, 7) is 6.80. The SMILES string of the molecule is CC(C)(C)[NH][Ti]([CH3])([CH3])([CH3])([CH3])([CH3])[C]1=CC=CC1. The molecule has 0 aliphatic heterocycles. The summed E-state index contributed by atoms with van der Waals surface area (Å²) in [7, 11) is 0. The van der Waals surface area contributed by atoms with E-state index in [2.05, 4.69) is 68.9 Å². The first-order chi connectivity index (χ1) is 6.55. The Labute approximate surface area is 97.6 Å². The van der Waals surface area contributed by atoms with Crippen LogP contribution in [0.2, 0.25) is 26.1 Å². The molecule has 2 heteroatoms. The zero-order valence-corrected chi connectivity index (χ0v) is 14.0. The number of hydrogen-bond donors (Lipinski definition) is 1. The van der Waals surface area contributed by atoms with E-state index in [1.54, 1.807) is 3.88 Å². The molecule has 1 aliphatic rings. The van der Waals surface area contributed by atoms with E-state index in [-0.39, 0.29) is 5.54 Å². The van der Waals surface area contributed by atoms with Crippen LogP contribution in [0.3, 0.4) is 0 Å². The summed E-state index contributed by atoms with van der Waals surface area (Å²) in [5.74, 6) is 0. The van der Waals surface area contributed by atoms with Gasteiger partial charge in [0, 0.05) is 0 Å². The van der Waals surface area contributed by atoms with Crippen LogP contribution in [0.25, 0.3) is 0 Å². The Morgan fingerprint density at radius 2 is 1.56 bits per heavy atom. The molecule has 0 fully saturated rings. The summed E-state index contributed by atoms with van der Waals surface area (Å²) in [5, 5.41) is 12.4. The van der Waals surface area contributed by atoms with Crippen LogP contribution in [0.4, 0.5) is 0 Å². The van der Waals surface area contributed by atoms with Crippen LogP contribution in [-0.4, -0.2) is 5.54 Å². The van der Waals surface area contributed by atoms with E-state index in [0.29, 0.717) is 0 Å². The number of allylic oxidation sites excluding steroid dienone is 4. The van der Waals surface area contributed by atoms with Gasteiger partial charge in [0.2, 0.25) is 0 Å². The molecule has 95 valence electrons. The summed E-state index contributed by atoms with van der Waals surface area (Å²) in [6.07, 6.45) is 7.91. The van der Waals surface area contributed by atoms with Crippen LogP contribution in [0.1, 0.15) is 27.2 Å². The van der Waals surface area contributed by atoms with Gasteiger partial charge < -0.3 is 0 Å². The van der Waals surface area contributed by atoms with E-state index in [0.717, 1.165) is 6.42 Å². The summed E-state index contributed by atoms with van der Waals surface area (Å²) in [6, 6.07) is 0. The Morgan fingerprint density at radius 1 is 1.06 bits per heavy atom. The molecule has 0 radical (unpaired) electrons. The van der Waals surface area contributed by atoms with E-state index < -0.39 is 13.0 Å². The Bertz CT molecular complexity index is 388. The average Bonchev–Trinajstić information content (AvgIpc) is 2.22. The molecule has 0 saturated carbocycles. The quantitative estimate of drug-likeness (QED) is 0.678. The third kappa shape index (κ3) is 3.09. The zero-order valence-electron chi connectivity index (χ0n) is 12.4. The molecule has 1 rings (SSSR count). The van der Waals surface area contributed by atoms with Crippen molar-refractivity contribution in [2.45, 2.75) is 58.9 Å². The normalized spacial score (nSPS) is 24.2. The molecule has 0 spiro atoms. The van der Waals surface area contributed by atoms with Gasteiger partial charge in [0.1, 0.15) is 0 Å². The van der Waals surface area contributed by atoms with Crippen molar-refractivity contribution in [3.63, 3.8) is 0 Å². The first kappa shape index (κ1) is 14.2. The van der Waals surface area contributed by atoms with Gasteiger partial charge in [-0.2, -0.15) is 0 Å². The van der Waals surface area contributed by atoms with Gasteiger partial charge in [0.15, 0.2) is 0 Å². The summed E-state index contributed by atoms with van der Waals surface area (Å²) < 4.78 is 5.64. The molecule has 0 amide bonds. The van der Waals surface area contributed by atoms with Gasteiger partial charge >= 0.3 is 97.8 Å². The van der Waals surface area contributed by atoms with Crippen molar-refractivity contribution in [3.05, 3.63) is 22.1 Å². The van der Waals surface area contributed by atoms with E-state index >= 15 is 0 Å². The van der Waals surface area contributed by atoms with Crippen molar-refractivity contribution >= 4 is 0 Å². The van der Waals surface area contributed by atoms with Gasteiger partial charge in [-0.1, -0.05) is 0 Å². The molecule has 0 atom stereocenters. The fourth-order valence-corrected chi connectivity index (χ4v) is 13.8. The molecule has 1 aliphatic carbocycles. The first-order valence-electron chi connectivity index (χ1n) is 6.47. The third-order valence-corrected chi connectivity index (χ3v) is 13.0. The Morgan fingerprint density at radius 3 is 1.88 bits per heavy atom. The molecule has 0 saturated heterocycles. The van der Waals surface area contributed by atoms with Gasteiger partial charge in [-0.15, -0.1) is 0 Å². The van der Waals surface area contributed by atoms with Gasteiger partial charge in [0.25, 0.3) is 0 Å². The van der Waals surface area contributed by atoms with Crippen LogP contribution in [0.5, 0.6) is 0 Å². The molecule has 0 aromatic heterocycles. The van der Waals surface area contributed by atoms with Crippen molar-refractivity contribution in [3.8, 4) is 0 Å². The second-order valence-electron chi connectivity index (χ2n) is 11.3. The molecule has 0 heterocycles. The number of nitrogens with one attached hydrogen (secondary N) is 1. The van der Waals surface area contributed by atoms with E-state index in [1.165, 1.54) is 0 Å². The average molecular weight is 260 g/mol. The standard InChI is InChI=1S/C5H5.C4H10N.5CH3.Ti/c1-2-4-5-3-1;1-4(2,3)5;;;;;;/h1-3H,4H2;5H,1-3H3;5*1H3;/q;-1;;;;;;+1. The van der Waals surface area contributed by atoms with Crippen molar-refractivity contribution in [2.75, 3.05) is 0 Å². The van der Waals surface area contributed by atoms with Gasteiger partial charge in [-0.05, 0) is 0 Å². The molecule has 1 nitrogen and oxygen atoms in total. The van der Waals surface area contributed by atoms with Crippen LogP contribution in [-0.2, 0) is 13.0 Å². The predicted molar refractivity (Wildman–Crippen MR) is 74.0 cm³/mol. The molecular weight excluding hydrogens is 230 g/mol. The number of hydrogen-bond acceptors (Lipinski definition) is 1. The second-order valence-corrected chi connectivity index (χ2v) is 36.5. The molecule has 0 aromatic carbocycles. The van der Waals surface area contributed by atoms with Crippen LogP contribution >= 0.6 is 0 Å². The Kier molecular flexibility index (Phi) is 2.18. The Balaban J connectivity index is 3.40. The second kappa shape index (κ2) is 2.46. The number of rotatable bonds is 2. The predicted octanol–water partition coefficient (Wildman–Crippen LogP) is 5.13. The van der Waals surface area contributed by atoms with E-state index in [4.69, 9.17) is 0 Å². The minimum absolute atomic E-state index is 0.140. The molecule has 16 heavy (non-hydrogen) atoms. The fourth-order valence-electron chi connectivity index (χ4n) is 3.61. The molecule has 0 unspecified atom stereocenters. The van der Waals surface area contributed by atoms with Gasteiger partial charge in [-0.25, -0.2) is 0 Å². The topological polar surface area (TPSA) is 12.0 Å². The summed E-state index contributed by atoms with van der Waals surface area (Å²) in [5.41, 5.74) is 0.140. The van der Waals surface area contributed by atoms with Crippen LogP contribution in [0.15, 0.2) is 22.1 Å². The summed E-state index contributed by atoms with van der Waals surface area (Å²) >= 11 is -3.72. The van der Waals surface area contributed by atoms with Crippen molar-refractivity contribution in [1.29, 1.82) is 0 Å². The zero-order chi connectivity index (χ0) is 13.0. The maximum atomic E-state index is 4.04. The monoisotopic (exact) mass is 260 g/mol. The van der Waals surface area contributed by atoms with E-state index in [9.17, 15) is 0 Å². The Hall–Kier alpha value is 0.154. The van der Waals surface area contributed by atoms with Crippen LogP contribution < -0.4 is 3.80 Å².